The third-order valence-corrected chi connectivity index (χ3v) is 7.86. The van der Waals surface area contributed by atoms with Crippen molar-refractivity contribution in [3.05, 3.63) is 0 Å². The molecule has 2 aliphatic heterocycles. The van der Waals surface area contributed by atoms with E-state index in [0.717, 1.165) is 0 Å². The van der Waals surface area contributed by atoms with Crippen LogP contribution in [0.3, 0.4) is 0 Å². The Kier molecular flexibility index (Phi) is 13.0. The van der Waals surface area contributed by atoms with Crippen molar-refractivity contribution in [2.45, 2.75) is 118 Å². The summed E-state index contributed by atoms with van der Waals surface area (Å²) in [5.74, 6) is -1.27. The number of aliphatic hydroxyl groups is 8. The van der Waals surface area contributed by atoms with Crippen LogP contribution < -0.4 is 27.8 Å². The lowest BCUT2D eigenvalue weighted by atomic mass is 9.83. The first kappa shape index (κ1) is 35.8. The maximum atomic E-state index is 12.8. The van der Waals surface area contributed by atoms with Crippen LogP contribution in [0.2, 0.25) is 0 Å². The van der Waals surface area contributed by atoms with Crippen LogP contribution in [0.15, 0.2) is 0 Å². The van der Waals surface area contributed by atoms with Gasteiger partial charge in [0.15, 0.2) is 12.6 Å². The normalized spacial score (nSPS) is 44.4. The maximum Gasteiger partial charge on any atom is 0.249 e. The van der Waals surface area contributed by atoms with Gasteiger partial charge in [-0.25, -0.2) is 0 Å². The Bertz CT molecular complexity index is 920. The minimum absolute atomic E-state index is 0.00844. The molecule has 0 bridgehead atoms. The first-order chi connectivity index (χ1) is 20.2. The van der Waals surface area contributed by atoms with Gasteiger partial charge in [-0.15, -0.1) is 0 Å². The molecule has 3 fully saturated rings. The highest BCUT2D eigenvalue weighted by Gasteiger charge is 2.52. The Morgan fingerprint density at radius 3 is 2.09 bits per heavy atom. The van der Waals surface area contributed by atoms with Crippen molar-refractivity contribution in [2.75, 3.05) is 19.7 Å². The van der Waals surface area contributed by atoms with Crippen molar-refractivity contribution >= 4 is 11.8 Å². The summed E-state index contributed by atoms with van der Waals surface area (Å²) in [7, 11) is 0. The number of rotatable bonds is 11. The standard InChI is InChI=1S/C24H45N5O14/c1-7(31)28-3-2-10(32)22(39)29-9-4-8(26)20(42-24-18(37)17(36)15(34)11(5-25)40-24)19(38)21(9)43-23-16(35)13(27)14(33)12(6-30)41-23/h8-21,23-24,30,32-38H,2-6,25-27H2,1H3,(H,28,31)(H,29,39)/t8-,9+,10-,11+,12+,13-,14+,15+,16+,17-,18+,19-,20+,21-,23+,24+/m0/s1. The molecule has 2 heterocycles. The molecule has 3 rings (SSSR count). The van der Waals surface area contributed by atoms with E-state index in [2.05, 4.69) is 10.6 Å². The first-order valence-corrected chi connectivity index (χ1v) is 14.0. The molecule has 16 N–H and O–H groups in total. The monoisotopic (exact) mass is 627 g/mol. The zero-order valence-corrected chi connectivity index (χ0v) is 23.5. The van der Waals surface area contributed by atoms with Gasteiger partial charge in [0, 0.05) is 26.1 Å². The molecule has 2 amide bonds. The Balaban J connectivity index is 1.83. The number of carbonyl (C=O) groups is 2. The molecule has 1 aliphatic carbocycles. The highest BCUT2D eigenvalue weighted by molar-refractivity contribution is 5.81. The molecule has 16 atom stereocenters. The third kappa shape index (κ3) is 8.34. The van der Waals surface area contributed by atoms with Crippen LogP contribution in [0.1, 0.15) is 19.8 Å². The van der Waals surface area contributed by atoms with E-state index in [0.29, 0.717) is 0 Å². The fourth-order valence-corrected chi connectivity index (χ4v) is 5.29. The average Bonchev–Trinajstić information content (AvgIpc) is 2.96. The number of carbonyl (C=O) groups excluding carboxylic acids is 2. The molecule has 0 radical (unpaired) electrons. The molecule has 0 aromatic carbocycles. The summed E-state index contributed by atoms with van der Waals surface area (Å²) >= 11 is 0. The van der Waals surface area contributed by atoms with E-state index >= 15 is 0 Å². The number of hydrogen-bond acceptors (Lipinski definition) is 17. The molecule has 250 valence electrons. The Morgan fingerprint density at radius 2 is 1.49 bits per heavy atom. The van der Waals surface area contributed by atoms with Crippen LogP contribution in [-0.2, 0) is 28.5 Å². The second kappa shape index (κ2) is 15.6. The summed E-state index contributed by atoms with van der Waals surface area (Å²) in [6.07, 6.45) is -20.4. The number of amides is 2. The summed E-state index contributed by atoms with van der Waals surface area (Å²) in [6, 6.07) is -3.57. The minimum Gasteiger partial charge on any atom is -0.394 e. The number of ether oxygens (including phenoxy) is 4. The Morgan fingerprint density at radius 1 is 0.884 bits per heavy atom. The van der Waals surface area contributed by atoms with Gasteiger partial charge in [-0.05, 0) is 12.8 Å². The van der Waals surface area contributed by atoms with Crippen LogP contribution in [0, 0.1) is 0 Å². The van der Waals surface area contributed by atoms with E-state index in [1.165, 1.54) is 6.92 Å². The second-order valence-corrected chi connectivity index (χ2v) is 11.0. The van der Waals surface area contributed by atoms with Crippen LogP contribution >= 0.6 is 0 Å². The van der Waals surface area contributed by atoms with Gasteiger partial charge in [-0.2, -0.15) is 0 Å². The van der Waals surface area contributed by atoms with Crippen LogP contribution in [-0.4, -0.2) is 170 Å². The zero-order chi connectivity index (χ0) is 32.2. The number of nitrogens with two attached hydrogens (primary N) is 3. The van der Waals surface area contributed by atoms with Gasteiger partial charge < -0.3 is 87.6 Å². The minimum atomic E-state index is -1.78. The molecule has 0 aromatic heterocycles. The predicted molar refractivity (Wildman–Crippen MR) is 141 cm³/mol. The molecule has 19 nitrogen and oxygen atoms in total. The summed E-state index contributed by atoms with van der Waals surface area (Å²) in [5, 5.41) is 87.8. The van der Waals surface area contributed by atoms with Gasteiger partial charge in [0.25, 0.3) is 0 Å². The van der Waals surface area contributed by atoms with Gasteiger partial charge in [-0.1, -0.05) is 0 Å². The second-order valence-electron chi connectivity index (χ2n) is 11.0. The summed E-state index contributed by atoms with van der Waals surface area (Å²) in [5.41, 5.74) is 17.7. The third-order valence-electron chi connectivity index (χ3n) is 7.86. The summed E-state index contributed by atoms with van der Waals surface area (Å²) in [6.45, 7) is 0.316. The van der Waals surface area contributed by atoms with Crippen LogP contribution in [0.25, 0.3) is 0 Å². The topological polar surface area (TPSA) is 335 Å². The van der Waals surface area contributed by atoms with Crippen molar-refractivity contribution in [1.82, 2.24) is 10.6 Å². The summed E-state index contributed by atoms with van der Waals surface area (Å²) < 4.78 is 22.6. The molecule has 19 heteroatoms. The van der Waals surface area contributed by atoms with Crippen LogP contribution in [0.4, 0.5) is 0 Å². The van der Waals surface area contributed by atoms with E-state index in [9.17, 15) is 50.4 Å². The molecule has 43 heavy (non-hydrogen) atoms. The Hall–Kier alpha value is -1.66. The molecule has 1 saturated carbocycles. The average molecular weight is 628 g/mol. The van der Waals surface area contributed by atoms with Gasteiger partial charge in [-0.3, -0.25) is 9.59 Å². The predicted octanol–water partition coefficient (Wildman–Crippen LogP) is -8.25. The number of aliphatic hydroxyl groups excluding tert-OH is 8. The number of nitrogens with one attached hydrogen (secondary N) is 2. The van der Waals surface area contributed by atoms with E-state index < -0.39 is 110 Å². The smallest absolute Gasteiger partial charge is 0.249 e. The van der Waals surface area contributed by atoms with Gasteiger partial charge in [0.05, 0.1) is 18.7 Å². The van der Waals surface area contributed by atoms with E-state index in [1.54, 1.807) is 0 Å². The quantitative estimate of drug-likeness (QED) is 0.101. The van der Waals surface area contributed by atoms with Crippen molar-refractivity contribution in [3.63, 3.8) is 0 Å². The molecular weight excluding hydrogens is 582 g/mol. The maximum absolute atomic E-state index is 12.8. The van der Waals surface area contributed by atoms with Crippen LogP contribution in [0.5, 0.6) is 0 Å². The number of hydrogen-bond donors (Lipinski definition) is 13. The van der Waals surface area contributed by atoms with Gasteiger partial charge in [0.1, 0.15) is 67.1 Å². The highest BCUT2D eigenvalue weighted by atomic mass is 16.7. The van der Waals surface area contributed by atoms with Crippen molar-refractivity contribution < 1.29 is 69.4 Å². The van der Waals surface area contributed by atoms with E-state index in [4.69, 9.17) is 36.1 Å². The molecule has 0 spiro atoms. The van der Waals surface area contributed by atoms with E-state index in [-0.39, 0.29) is 31.8 Å². The lowest BCUT2D eigenvalue weighted by molar-refractivity contribution is -0.332. The van der Waals surface area contributed by atoms with Gasteiger partial charge in [0.2, 0.25) is 11.8 Å². The zero-order valence-electron chi connectivity index (χ0n) is 23.5. The van der Waals surface area contributed by atoms with Crippen molar-refractivity contribution in [3.8, 4) is 0 Å². The molecule has 0 unspecified atom stereocenters. The molecule has 2 saturated heterocycles. The molecular formula is C24H45N5O14. The largest absolute Gasteiger partial charge is 0.394 e. The Labute approximate surface area is 246 Å². The SMILES string of the molecule is CC(=O)NCC[C@H](O)C(=O)N[C@@H]1C[C@H](N)[C@@H](O[C@H]2O[C@H](CN)[C@@H](O)[C@H](O)[C@H]2O)[C@H](O)[C@H]1O[C@H]1O[C@H](CO)[C@@H](O)[C@H](N)[C@H]1O. The first-order valence-electron chi connectivity index (χ1n) is 14.0. The highest BCUT2D eigenvalue weighted by Crippen LogP contribution is 2.32. The van der Waals surface area contributed by atoms with Crippen molar-refractivity contribution in [1.29, 1.82) is 0 Å². The van der Waals surface area contributed by atoms with Gasteiger partial charge >= 0.3 is 0 Å². The lowest BCUT2D eigenvalue weighted by Crippen LogP contribution is -2.69. The lowest BCUT2D eigenvalue weighted by Gasteiger charge is -2.49. The molecule has 0 aromatic rings. The fraction of sp³-hybridized carbons (Fsp3) is 0.917. The molecule has 3 aliphatic rings. The fourth-order valence-electron chi connectivity index (χ4n) is 5.29. The van der Waals surface area contributed by atoms with Crippen molar-refractivity contribution in [2.24, 2.45) is 17.2 Å². The summed E-state index contributed by atoms with van der Waals surface area (Å²) in [4.78, 5) is 23.9. The van der Waals surface area contributed by atoms with E-state index in [1.807, 2.05) is 0 Å².